The summed E-state index contributed by atoms with van der Waals surface area (Å²) in [5, 5.41) is 0. The molecule has 70 valence electrons. The van der Waals surface area contributed by atoms with Crippen molar-refractivity contribution in [3.63, 3.8) is 0 Å². The van der Waals surface area contributed by atoms with E-state index in [2.05, 4.69) is 10.2 Å². The van der Waals surface area contributed by atoms with E-state index in [9.17, 15) is 13.2 Å². The zero-order chi connectivity index (χ0) is 9.90. The minimum atomic E-state index is -4.55. The van der Waals surface area contributed by atoms with Gasteiger partial charge in [-0.15, -0.1) is 17.7 Å². The maximum absolute atomic E-state index is 10.2. The molecule has 0 saturated carbocycles. The van der Waals surface area contributed by atoms with Crippen molar-refractivity contribution in [2.24, 2.45) is 0 Å². The van der Waals surface area contributed by atoms with E-state index >= 15 is 0 Å². The molecule has 0 amide bonds. The van der Waals surface area contributed by atoms with E-state index in [1.54, 1.807) is 0 Å². The van der Waals surface area contributed by atoms with E-state index in [4.69, 9.17) is 4.55 Å². The Morgan fingerprint density at radius 2 is 2.07 bits per heavy atom. The van der Waals surface area contributed by atoms with Crippen molar-refractivity contribution in [2.75, 3.05) is 0 Å². The Balaban J connectivity index is 0.00000169. The van der Waals surface area contributed by atoms with Gasteiger partial charge in [0.15, 0.2) is 0 Å². The summed E-state index contributed by atoms with van der Waals surface area (Å²) >= 11 is 0. The molecule has 7 heteroatoms. The van der Waals surface area contributed by atoms with Crippen LogP contribution in [0.5, 0.6) is 5.75 Å². The average Bonchev–Trinajstić information content (AvgIpc) is 2.01. The molecule has 1 aromatic carbocycles. The van der Waals surface area contributed by atoms with Gasteiger partial charge < -0.3 is 8.98 Å². The molecular formula is C7H5NaO5S. The fraction of sp³-hybridized carbons (Fsp3) is 0. The fourth-order valence-corrected chi connectivity index (χ4v) is 1.02. The second kappa shape index (κ2) is 5.47. The van der Waals surface area contributed by atoms with E-state index in [1.807, 2.05) is 0 Å². The third-order valence-corrected chi connectivity index (χ3v) is 1.50. The van der Waals surface area contributed by atoms with Gasteiger partial charge in [-0.25, -0.2) is 0 Å². The first-order valence-electron chi connectivity index (χ1n) is 3.16. The van der Waals surface area contributed by atoms with Gasteiger partial charge in [0.05, 0.1) is 12.0 Å². The average molecular weight is 224 g/mol. The van der Waals surface area contributed by atoms with Crippen molar-refractivity contribution in [1.82, 2.24) is 0 Å². The number of aldehydes is 1. The first kappa shape index (κ1) is 13.6. The molecule has 0 unspecified atom stereocenters. The van der Waals surface area contributed by atoms with Crippen LogP contribution in [0.3, 0.4) is 0 Å². The van der Waals surface area contributed by atoms with E-state index in [-0.39, 0.29) is 40.9 Å². The van der Waals surface area contributed by atoms with Gasteiger partial charge in [0.2, 0.25) is 0 Å². The first-order chi connectivity index (χ1) is 6.01. The van der Waals surface area contributed by atoms with Gasteiger partial charge in [-0.2, -0.15) is 8.42 Å². The van der Waals surface area contributed by atoms with Crippen LogP contribution in [-0.4, -0.2) is 19.3 Å². The summed E-state index contributed by atoms with van der Waals surface area (Å²) in [7, 11) is -4.55. The van der Waals surface area contributed by atoms with Crippen LogP contribution in [0.4, 0.5) is 0 Å². The Labute approximate surface area is 103 Å². The molecule has 0 saturated heterocycles. The minimum Gasteiger partial charge on any atom is -0.382 e. The molecule has 0 fully saturated rings. The summed E-state index contributed by atoms with van der Waals surface area (Å²) in [5.74, 6) is -0.230. The van der Waals surface area contributed by atoms with Crippen molar-refractivity contribution >= 4 is 16.7 Å². The molecule has 0 atom stereocenters. The number of carbonyl (C=O) groups is 1. The van der Waals surface area contributed by atoms with Gasteiger partial charge in [-0.3, -0.25) is 4.55 Å². The Bertz CT molecular complexity index is 414. The molecule has 0 heterocycles. The smallest absolute Gasteiger partial charge is 0.382 e. The van der Waals surface area contributed by atoms with Crippen molar-refractivity contribution in [3.8, 4) is 5.75 Å². The zero-order valence-electron chi connectivity index (χ0n) is 7.30. The number of hydrogen-bond donors (Lipinski definition) is 1. The largest absolute Gasteiger partial charge is 1.00 e. The molecule has 0 aliphatic heterocycles. The van der Waals surface area contributed by atoms with Crippen LogP contribution < -0.4 is 33.7 Å². The summed E-state index contributed by atoms with van der Waals surface area (Å²) in [6.07, 6.45) is 0.483. The van der Waals surface area contributed by atoms with Crippen molar-refractivity contribution in [3.05, 3.63) is 29.8 Å². The Morgan fingerprint density at radius 3 is 2.57 bits per heavy atom. The normalized spacial score (nSPS) is 10.1. The molecule has 5 nitrogen and oxygen atoms in total. The summed E-state index contributed by atoms with van der Waals surface area (Å²) in [6, 6.07) is 6.40. The number of benzene rings is 1. The SMILES string of the molecule is O=Cc1[c-]c(OS(=O)(=O)O)ccc1.[Na+]. The number of hydrogen-bond acceptors (Lipinski definition) is 4. The van der Waals surface area contributed by atoms with E-state index in [0.29, 0.717) is 6.29 Å². The van der Waals surface area contributed by atoms with Crippen molar-refractivity contribution in [2.45, 2.75) is 0 Å². The molecule has 0 aromatic heterocycles. The molecule has 14 heavy (non-hydrogen) atoms. The van der Waals surface area contributed by atoms with Crippen LogP contribution in [0.25, 0.3) is 0 Å². The van der Waals surface area contributed by atoms with Crippen LogP contribution in [-0.2, 0) is 10.4 Å². The van der Waals surface area contributed by atoms with Gasteiger partial charge in [0, 0.05) is 0 Å². The molecule has 0 bridgehead atoms. The van der Waals surface area contributed by atoms with Gasteiger partial charge >= 0.3 is 40.0 Å². The second-order valence-corrected chi connectivity index (χ2v) is 3.12. The quantitative estimate of drug-likeness (QED) is 0.265. The molecule has 1 rings (SSSR count). The van der Waals surface area contributed by atoms with Crippen LogP contribution in [0, 0.1) is 6.07 Å². The maximum atomic E-state index is 10.2. The van der Waals surface area contributed by atoms with E-state index in [1.165, 1.54) is 18.2 Å². The number of rotatable bonds is 3. The van der Waals surface area contributed by atoms with Crippen LogP contribution in [0.1, 0.15) is 10.4 Å². The summed E-state index contributed by atoms with van der Waals surface area (Å²) < 4.78 is 32.8. The van der Waals surface area contributed by atoms with Gasteiger partial charge in [-0.1, -0.05) is 12.1 Å². The van der Waals surface area contributed by atoms with Gasteiger partial charge in [0.25, 0.3) is 0 Å². The monoisotopic (exact) mass is 224 g/mol. The van der Waals surface area contributed by atoms with Gasteiger partial charge in [0.1, 0.15) is 0 Å². The van der Waals surface area contributed by atoms with Gasteiger partial charge in [-0.05, 0) is 0 Å². The molecule has 1 aromatic rings. The Hall–Kier alpha value is -0.400. The van der Waals surface area contributed by atoms with Crippen LogP contribution in [0.2, 0.25) is 0 Å². The first-order valence-corrected chi connectivity index (χ1v) is 4.52. The second-order valence-electron chi connectivity index (χ2n) is 2.10. The van der Waals surface area contributed by atoms with Crippen LogP contribution in [0.15, 0.2) is 18.2 Å². The molecular weight excluding hydrogens is 219 g/mol. The molecule has 1 N–H and O–H groups in total. The molecule has 0 aliphatic rings. The molecule has 0 aliphatic carbocycles. The third-order valence-electron chi connectivity index (χ3n) is 1.11. The van der Waals surface area contributed by atoms with E-state index < -0.39 is 10.4 Å². The number of carbonyl (C=O) groups excluding carboxylic acids is 1. The van der Waals surface area contributed by atoms with Crippen molar-refractivity contribution in [1.29, 1.82) is 0 Å². The fourth-order valence-electron chi connectivity index (χ4n) is 0.696. The topological polar surface area (TPSA) is 80.7 Å². The minimum absolute atomic E-state index is 0. The summed E-state index contributed by atoms with van der Waals surface area (Å²) in [5.41, 5.74) is 0.140. The zero-order valence-corrected chi connectivity index (χ0v) is 10.1. The standard InChI is InChI=1S/C7H5O5S.Na/c8-5-6-2-1-3-7(4-6)12-13(9,10)11;/h1-3,5H,(H,9,10,11);/q-1;+1. The predicted molar refractivity (Wildman–Crippen MR) is 42.8 cm³/mol. The third kappa shape index (κ3) is 4.73. The summed E-state index contributed by atoms with van der Waals surface area (Å²) in [6.45, 7) is 0. The van der Waals surface area contributed by atoms with E-state index in [0.717, 1.165) is 0 Å². The van der Waals surface area contributed by atoms with Crippen LogP contribution >= 0.6 is 0 Å². The Kier molecular flexibility index (Phi) is 5.32. The predicted octanol–water partition coefficient (Wildman–Crippen LogP) is -2.52. The molecule has 0 radical (unpaired) electrons. The Morgan fingerprint density at radius 1 is 1.43 bits per heavy atom. The summed E-state index contributed by atoms with van der Waals surface area (Å²) in [4.78, 5) is 10.2. The van der Waals surface area contributed by atoms with Crippen molar-refractivity contribution < 1.29 is 51.5 Å². The molecule has 0 spiro atoms. The maximum Gasteiger partial charge on any atom is 1.00 e.